The number of aromatic nitrogens is 6. The molecule has 4 heterocycles. The molecule has 0 radical (unpaired) electrons. The minimum Gasteiger partial charge on any atom is -0.377 e. The van der Waals surface area contributed by atoms with E-state index in [1.165, 1.54) is 4.68 Å². The monoisotopic (exact) mass is 466 g/mol. The van der Waals surface area contributed by atoms with Crippen LogP contribution in [0.4, 0.5) is 13.2 Å². The van der Waals surface area contributed by atoms with E-state index in [0.717, 1.165) is 34.8 Å². The molecule has 34 heavy (non-hydrogen) atoms. The molecule has 10 heteroatoms. The molecule has 1 N–H and O–H groups in total. The van der Waals surface area contributed by atoms with E-state index in [1.807, 2.05) is 30.7 Å². The van der Waals surface area contributed by atoms with Crippen LogP contribution in [0, 0.1) is 31.3 Å². The molecule has 1 aromatic carbocycles. The van der Waals surface area contributed by atoms with E-state index >= 15 is 0 Å². The maximum atomic E-state index is 13.8. The molecule has 1 atom stereocenters. The molecule has 174 valence electrons. The van der Waals surface area contributed by atoms with Gasteiger partial charge >= 0.3 is 0 Å². The minimum absolute atomic E-state index is 0.0991. The first-order valence-corrected chi connectivity index (χ1v) is 10.7. The lowest BCUT2D eigenvalue weighted by Crippen LogP contribution is -2.36. The van der Waals surface area contributed by atoms with Gasteiger partial charge in [0, 0.05) is 18.9 Å². The van der Waals surface area contributed by atoms with Gasteiger partial charge in [0.1, 0.15) is 17.7 Å². The van der Waals surface area contributed by atoms with Gasteiger partial charge in [-0.05, 0) is 73.7 Å². The van der Waals surface area contributed by atoms with Gasteiger partial charge in [-0.3, -0.25) is 4.57 Å². The van der Waals surface area contributed by atoms with Crippen molar-refractivity contribution in [3.63, 3.8) is 0 Å². The van der Waals surface area contributed by atoms with Crippen LogP contribution in [-0.4, -0.2) is 34.4 Å². The second-order valence-electron chi connectivity index (χ2n) is 8.40. The summed E-state index contributed by atoms with van der Waals surface area (Å²) in [7, 11) is 0. The molecule has 1 aliphatic heterocycles. The first-order chi connectivity index (χ1) is 16.2. The van der Waals surface area contributed by atoms with Gasteiger partial charge < -0.3 is 5.11 Å². The van der Waals surface area contributed by atoms with Gasteiger partial charge in [-0.1, -0.05) is 0 Å². The van der Waals surface area contributed by atoms with Crippen LogP contribution in [0.15, 0.2) is 36.9 Å². The number of hydrogen-bond donors (Lipinski definition) is 1. The highest BCUT2D eigenvalue weighted by atomic mass is 19.2. The second kappa shape index (κ2) is 8.21. The predicted octanol–water partition coefficient (Wildman–Crippen LogP) is 4.09. The van der Waals surface area contributed by atoms with Gasteiger partial charge in [0.15, 0.2) is 29.1 Å². The Balaban J connectivity index is 1.44. The van der Waals surface area contributed by atoms with Crippen molar-refractivity contribution in [2.45, 2.75) is 38.8 Å². The normalized spacial score (nSPS) is 17.9. The van der Waals surface area contributed by atoms with Crippen molar-refractivity contribution < 1.29 is 18.3 Å². The van der Waals surface area contributed by atoms with Gasteiger partial charge in [-0.2, -0.15) is 5.10 Å². The Bertz CT molecular complexity index is 1400. The van der Waals surface area contributed by atoms with Gasteiger partial charge in [-0.25, -0.2) is 32.8 Å². The Kier molecular flexibility index (Phi) is 5.32. The molecule has 1 aliphatic rings. The van der Waals surface area contributed by atoms with Crippen molar-refractivity contribution in [1.82, 2.24) is 29.3 Å². The first kappa shape index (κ1) is 22.0. The van der Waals surface area contributed by atoms with E-state index in [2.05, 4.69) is 20.1 Å². The van der Waals surface area contributed by atoms with Crippen molar-refractivity contribution in [3.8, 4) is 5.82 Å². The van der Waals surface area contributed by atoms with Crippen LogP contribution >= 0.6 is 0 Å². The topological polar surface area (TPSA) is 81.7 Å². The third-order valence-corrected chi connectivity index (χ3v) is 5.88. The molecule has 0 fully saturated rings. The number of aliphatic hydroxyl groups is 1. The maximum Gasteiger partial charge on any atom is 0.194 e. The lowest BCUT2D eigenvalue weighted by molar-refractivity contribution is 0.0387. The summed E-state index contributed by atoms with van der Waals surface area (Å²) in [5.41, 5.74) is 0.786. The number of hydrogen-bond acceptors (Lipinski definition) is 5. The van der Waals surface area contributed by atoms with E-state index in [-0.39, 0.29) is 17.8 Å². The van der Waals surface area contributed by atoms with Crippen LogP contribution in [-0.2, 0) is 12.1 Å². The zero-order chi connectivity index (χ0) is 24.0. The van der Waals surface area contributed by atoms with Crippen molar-refractivity contribution >= 4 is 12.2 Å². The summed E-state index contributed by atoms with van der Waals surface area (Å²) in [6, 6.07) is 3.57. The molecule has 0 unspecified atom stereocenters. The van der Waals surface area contributed by atoms with Gasteiger partial charge in [-0.15, -0.1) is 0 Å². The number of aryl methyl sites for hydroxylation is 3. The molecular formula is C24H21F3N6O. The molecular weight excluding hydrogens is 445 g/mol. The van der Waals surface area contributed by atoms with Crippen LogP contribution in [0.1, 0.15) is 46.9 Å². The van der Waals surface area contributed by atoms with E-state index in [0.29, 0.717) is 18.8 Å². The Hall–Kier alpha value is -3.79. The molecule has 7 nitrogen and oxygen atoms in total. The highest BCUT2D eigenvalue weighted by molar-refractivity contribution is 5.67. The third kappa shape index (κ3) is 3.79. The largest absolute Gasteiger partial charge is 0.377 e. The summed E-state index contributed by atoms with van der Waals surface area (Å²) in [6.45, 7) is 4.35. The SMILES string of the molecule is Cc1cn(-c2ncc(/C=C/c3nc4n(n3)CCC[C@@]4(O)c3cc(F)c(F)c(F)c3)cc2C)cn1. The number of benzene rings is 1. The van der Waals surface area contributed by atoms with Crippen LogP contribution < -0.4 is 0 Å². The maximum absolute atomic E-state index is 13.8. The fourth-order valence-electron chi connectivity index (χ4n) is 4.21. The number of imidazole rings is 1. The number of pyridine rings is 1. The number of rotatable bonds is 4. The van der Waals surface area contributed by atoms with E-state index in [9.17, 15) is 18.3 Å². The van der Waals surface area contributed by atoms with Gasteiger partial charge in [0.05, 0.1) is 5.69 Å². The Morgan fingerprint density at radius 3 is 2.50 bits per heavy atom. The average Bonchev–Trinajstić information content (AvgIpc) is 3.42. The smallest absolute Gasteiger partial charge is 0.194 e. The summed E-state index contributed by atoms with van der Waals surface area (Å²) >= 11 is 0. The molecule has 0 saturated heterocycles. The number of halogens is 3. The Morgan fingerprint density at radius 2 is 1.82 bits per heavy atom. The van der Waals surface area contributed by atoms with Crippen molar-refractivity contribution in [2.24, 2.45) is 0 Å². The molecule has 0 saturated carbocycles. The molecule has 0 aliphatic carbocycles. The van der Waals surface area contributed by atoms with E-state index < -0.39 is 23.1 Å². The van der Waals surface area contributed by atoms with Crippen molar-refractivity contribution in [1.29, 1.82) is 0 Å². The highest BCUT2D eigenvalue weighted by Crippen LogP contribution is 2.37. The summed E-state index contributed by atoms with van der Waals surface area (Å²) in [5, 5.41) is 15.7. The standard InChI is InChI=1S/C24H21F3N6O/c1-14-8-16(11-28-22(14)32-12-15(2)29-13-32)4-5-20-30-23-24(34,6-3-7-33(23)31-20)17-9-18(25)21(27)19(26)10-17/h4-5,8-13,34H,3,6-7H2,1-2H3/b5-4+/t24-/m1/s1. The summed E-state index contributed by atoms with van der Waals surface area (Å²) < 4.78 is 44.5. The van der Waals surface area contributed by atoms with Crippen LogP contribution in [0.25, 0.3) is 18.0 Å². The molecule has 0 spiro atoms. The zero-order valence-corrected chi connectivity index (χ0v) is 18.5. The fourth-order valence-corrected chi connectivity index (χ4v) is 4.21. The lowest BCUT2D eigenvalue weighted by Gasteiger charge is -2.31. The molecule has 5 rings (SSSR count). The fraction of sp³-hybridized carbons (Fsp3) is 0.250. The number of fused-ring (bicyclic) bond motifs is 1. The van der Waals surface area contributed by atoms with Crippen LogP contribution in [0.5, 0.6) is 0 Å². The highest BCUT2D eigenvalue weighted by Gasteiger charge is 2.40. The second-order valence-corrected chi connectivity index (χ2v) is 8.40. The van der Waals surface area contributed by atoms with E-state index in [1.54, 1.807) is 24.7 Å². The molecule has 0 amide bonds. The van der Waals surface area contributed by atoms with Crippen LogP contribution in [0.2, 0.25) is 0 Å². The molecule has 4 aromatic rings. The van der Waals surface area contributed by atoms with Crippen LogP contribution in [0.3, 0.4) is 0 Å². The van der Waals surface area contributed by atoms with Gasteiger partial charge in [0.25, 0.3) is 0 Å². The van der Waals surface area contributed by atoms with Crippen molar-refractivity contribution in [3.05, 3.63) is 88.4 Å². The average molecular weight is 466 g/mol. The first-order valence-electron chi connectivity index (χ1n) is 10.7. The number of nitrogens with zero attached hydrogens (tertiary/aromatic N) is 6. The van der Waals surface area contributed by atoms with Gasteiger partial charge in [0.2, 0.25) is 0 Å². The lowest BCUT2D eigenvalue weighted by atomic mass is 9.86. The molecule has 0 bridgehead atoms. The Labute approximate surface area is 193 Å². The quantitative estimate of drug-likeness (QED) is 0.458. The zero-order valence-electron chi connectivity index (χ0n) is 18.5. The van der Waals surface area contributed by atoms with Crippen molar-refractivity contribution in [2.75, 3.05) is 0 Å². The summed E-state index contributed by atoms with van der Waals surface area (Å²) in [4.78, 5) is 13.1. The summed E-state index contributed by atoms with van der Waals surface area (Å²) in [5.74, 6) is -3.05. The van der Waals surface area contributed by atoms with E-state index in [4.69, 9.17) is 0 Å². The summed E-state index contributed by atoms with van der Waals surface area (Å²) in [6.07, 6.45) is 9.47. The minimum atomic E-state index is -1.78. The predicted molar refractivity (Wildman–Crippen MR) is 118 cm³/mol. The third-order valence-electron chi connectivity index (χ3n) is 5.88. The Morgan fingerprint density at radius 1 is 1.06 bits per heavy atom. The molecule has 3 aromatic heterocycles.